The minimum absolute atomic E-state index is 0.00688. The molecule has 2 aromatic carbocycles. The molecule has 0 radical (unpaired) electrons. The fourth-order valence-electron chi connectivity index (χ4n) is 4.35. The zero-order valence-electron chi connectivity index (χ0n) is 22.3. The van der Waals surface area contributed by atoms with Crippen molar-refractivity contribution >= 4 is 15.9 Å². The van der Waals surface area contributed by atoms with Crippen LogP contribution in [0.2, 0.25) is 0 Å². The van der Waals surface area contributed by atoms with Crippen LogP contribution in [0.1, 0.15) is 30.7 Å². The summed E-state index contributed by atoms with van der Waals surface area (Å²) in [5, 5.41) is 9.85. The first-order valence-electron chi connectivity index (χ1n) is 12.8. The number of aromatic nitrogens is 1. The van der Waals surface area contributed by atoms with Crippen molar-refractivity contribution in [2.45, 2.75) is 37.3 Å². The maximum absolute atomic E-state index is 13.7. The zero-order chi connectivity index (χ0) is 28.0. The molecule has 3 aromatic rings. The number of sulfonamides is 1. The first-order chi connectivity index (χ1) is 18.7. The van der Waals surface area contributed by atoms with Crippen molar-refractivity contribution in [3.63, 3.8) is 0 Å². The number of pyridine rings is 1. The number of hydrogen-bond acceptors (Lipinski definition) is 6. The number of carbonyl (C=O) groups is 1. The van der Waals surface area contributed by atoms with Crippen molar-refractivity contribution in [3.05, 3.63) is 89.7 Å². The lowest BCUT2D eigenvalue weighted by Gasteiger charge is -2.37. The van der Waals surface area contributed by atoms with Gasteiger partial charge in [0.25, 0.3) is 0 Å². The van der Waals surface area contributed by atoms with E-state index in [4.69, 9.17) is 4.74 Å². The molecule has 3 atom stereocenters. The number of amides is 1. The molecule has 9 heteroatoms. The molecule has 1 aliphatic heterocycles. The summed E-state index contributed by atoms with van der Waals surface area (Å²) in [6.45, 7) is 3.61. The lowest BCUT2D eigenvalue weighted by atomic mass is 10.0. The van der Waals surface area contributed by atoms with Crippen LogP contribution in [0.3, 0.4) is 0 Å². The van der Waals surface area contributed by atoms with Gasteiger partial charge in [-0.2, -0.15) is 4.31 Å². The summed E-state index contributed by atoms with van der Waals surface area (Å²) in [6.07, 6.45) is 1.29. The van der Waals surface area contributed by atoms with E-state index in [2.05, 4.69) is 16.8 Å². The number of benzene rings is 2. The van der Waals surface area contributed by atoms with Gasteiger partial charge in [0.1, 0.15) is 16.7 Å². The largest absolute Gasteiger partial charge is 0.487 e. The highest BCUT2D eigenvalue weighted by atomic mass is 32.2. The molecule has 0 spiro atoms. The Labute approximate surface area is 230 Å². The summed E-state index contributed by atoms with van der Waals surface area (Å²) in [4.78, 5) is 18.8. The molecule has 0 aliphatic carbocycles. The summed E-state index contributed by atoms with van der Waals surface area (Å²) in [5.41, 5.74) is 2.10. The predicted octanol–water partition coefficient (Wildman–Crippen LogP) is 2.95. The fourth-order valence-corrected chi connectivity index (χ4v) is 6.18. The summed E-state index contributed by atoms with van der Waals surface area (Å²) >= 11 is 0. The molecule has 8 nitrogen and oxygen atoms in total. The minimum atomic E-state index is -3.97. The van der Waals surface area contributed by atoms with Gasteiger partial charge in [0.2, 0.25) is 15.9 Å². The second kappa shape index (κ2) is 12.4. The predicted molar refractivity (Wildman–Crippen MR) is 148 cm³/mol. The molecule has 0 saturated carbocycles. The molecule has 4 rings (SSSR count). The number of carbonyl (C=O) groups excluding carboxylic acids is 1. The second-order valence-corrected chi connectivity index (χ2v) is 11.6. The van der Waals surface area contributed by atoms with Crippen molar-refractivity contribution < 1.29 is 23.1 Å². The Morgan fingerprint density at radius 3 is 2.54 bits per heavy atom. The molecule has 0 bridgehead atoms. The van der Waals surface area contributed by atoms with Crippen LogP contribution in [-0.2, 0) is 21.2 Å². The molecule has 1 N–H and O–H groups in total. The van der Waals surface area contributed by atoms with Gasteiger partial charge in [-0.1, -0.05) is 43.0 Å². The normalized spacial score (nSPS) is 19.3. The summed E-state index contributed by atoms with van der Waals surface area (Å²) < 4.78 is 35.0. The van der Waals surface area contributed by atoms with E-state index in [1.807, 2.05) is 43.3 Å². The van der Waals surface area contributed by atoms with E-state index in [0.29, 0.717) is 11.3 Å². The number of aliphatic hydroxyl groups excluding tert-OH is 1. The molecule has 0 unspecified atom stereocenters. The molecule has 2 heterocycles. The molecular formula is C30H33N3O5S. The van der Waals surface area contributed by atoms with Crippen LogP contribution >= 0.6 is 0 Å². The van der Waals surface area contributed by atoms with Crippen molar-refractivity contribution in [2.75, 3.05) is 26.7 Å². The molecular weight excluding hydrogens is 514 g/mol. The fraction of sp³-hybridized carbons (Fsp3) is 0.333. The lowest BCUT2D eigenvalue weighted by Crippen LogP contribution is -2.50. The van der Waals surface area contributed by atoms with Crippen LogP contribution in [0.15, 0.2) is 77.8 Å². The molecule has 1 aromatic heterocycles. The van der Waals surface area contributed by atoms with E-state index in [0.717, 1.165) is 5.56 Å². The summed E-state index contributed by atoms with van der Waals surface area (Å²) in [6, 6.07) is 19.1. The monoisotopic (exact) mass is 547 g/mol. The van der Waals surface area contributed by atoms with E-state index < -0.39 is 22.2 Å². The summed E-state index contributed by atoms with van der Waals surface area (Å²) in [7, 11) is -2.27. The van der Waals surface area contributed by atoms with E-state index in [9.17, 15) is 18.3 Å². The number of fused-ring (bicyclic) bond motifs is 1. The maximum Gasteiger partial charge on any atom is 0.247 e. The SMILES string of the molecule is C[C@H]1CN([C@@H](C)CO)S(=O)(=O)c2ccc(C#Cc3ccccc3)cc2O[C@@H]1CN(C)C(=O)Cc1ccccn1. The third kappa shape index (κ3) is 6.84. The minimum Gasteiger partial charge on any atom is -0.487 e. The highest BCUT2D eigenvalue weighted by Gasteiger charge is 2.38. The van der Waals surface area contributed by atoms with Crippen LogP contribution in [-0.4, -0.2) is 72.5 Å². The smallest absolute Gasteiger partial charge is 0.247 e. The van der Waals surface area contributed by atoms with Gasteiger partial charge in [-0.15, -0.1) is 0 Å². The van der Waals surface area contributed by atoms with Gasteiger partial charge in [0.15, 0.2) is 0 Å². The first kappa shape index (κ1) is 28.3. The zero-order valence-corrected chi connectivity index (χ0v) is 23.1. The van der Waals surface area contributed by atoms with Gasteiger partial charge >= 0.3 is 0 Å². The van der Waals surface area contributed by atoms with Gasteiger partial charge in [0, 0.05) is 48.6 Å². The number of ether oxygens (including phenoxy) is 1. The van der Waals surface area contributed by atoms with Gasteiger partial charge in [-0.3, -0.25) is 9.78 Å². The standard InChI is InChI=1S/C30H33N3O5S/c1-22-19-33(23(2)21-34)39(36,37)29-15-14-25(13-12-24-9-5-4-6-10-24)17-27(29)38-28(22)20-32(3)30(35)18-26-11-7-8-16-31-26/h4-11,14-17,22-23,28,34H,18-21H2,1-3H3/t22-,23-,28+/m0/s1. The number of rotatable bonds is 6. The maximum atomic E-state index is 13.7. The Bertz CT molecular complexity index is 1450. The molecule has 39 heavy (non-hydrogen) atoms. The van der Waals surface area contributed by atoms with Gasteiger partial charge in [-0.05, 0) is 49.4 Å². The van der Waals surface area contributed by atoms with Crippen LogP contribution in [0.25, 0.3) is 0 Å². The van der Waals surface area contributed by atoms with Gasteiger partial charge in [0.05, 0.1) is 19.6 Å². The Morgan fingerprint density at radius 2 is 1.85 bits per heavy atom. The lowest BCUT2D eigenvalue weighted by molar-refractivity contribution is -0.130. The topological polar surface area (TPSA) is 100 Å². The Balaban J connectivity index is 1.67. The highest BCUT2D eigenvalue weighted by Crippen LogP contribution is 2.34. The number of hydrogen-bond donors (Lipinski definition) is 1. The third-order valence-electron chi connectivity index (χ3n) is 6.73. The van der Waals surface area contributed by atoms with Crippen LogP contribution in [0.5, 0.6) is 5.75 Å². The highest BCUT2D eigenvalue weighted by molar-refractivity contribution is 7.89. The second-order valence-electron chi connectivity index (χ2n) is 9.79. The van der Waals surface area contributed by atoms with Crippen molar-refractivity contribution in [2.24, 2.45) is 5.92 Å². The third-order valence-corrected chi connectivity index (χ3v) is 8.75. The number of likely N-dealkylation sites (N-methyl/N-ethyl adjacent to an activating group) is 1. The van der Waals surface area contributed by atoms with E-state index in [1.54, 1.807) is 49.3 Å². The Hall–Kier alpha value is -3.71. The Kier molecular flexibility index (Phi) is 9.02. The van der Waals surface area contributed by atoms with Crippen LogP contribution < -0.4 is 4.74 Å². The average molecular weight is 548 g/mol. The molecule has 0 saturated heterocycles. The molecule has 0 fully saturated rings. The quantitative estimate of drug-likeness (QED) is 0.477. The van der Waals surface area contributed by atoms with Crippen LogP contribution in [0.4, 0.5) is 0 Å². The van der Waals surface area contributed by atoms with Gasteiger partial charge < -0.3 is 14.7 Å². The average Bonchev–Trinajstić information content (AvgIpc) is 2.94. The van der Waals surface area contributed by atoms with Crippen molar-refractivity contribution in [3.8, 4) is 17.6 Å². The van der Waals surface area contributed by atoms with Crippen molar-refractivity contribution in [1.82, 2.24) is 14.2 Å². The van der Waals surface area contributed by atoms with E-state index in [-0.39, 0.29) is 48.6 Å². The molecule has 204 valence electrons. The Morgan fingerprint density at radius 1 is 1.13 bits per heavy atom. The first-order valence-corrected chi connectivity index (χ1v) is 14.3. The van der Waals surface area contributed by atoms with E-state index >= 15 is 0 Å². The number of aliphatic hydroxyl groups is 1. The van der Waals surface area contributed by atoms with Crippen LogP contribution in [0, 0.1) is 17.8 Å². The van der Waals surface area contributed by atoms with Gasteiger partial charge in [-0.25, -0.2) is 8.42 Å². The molecule has 1 aliphatic rings. The number of nitrogens with zero attached hydrogens (tertiary/aromatic N) is 3. The molecule has 1 amide bonds. The summed E-state index contributed by atoms with van der Waals surface area (Å²) in [5.74, 6) is 5.93. The van der Waals surface area contributed by atoms with Crippen molar-refractivity contribution in [1.29, 1.82) is 0 Å². The van der Waals surface area contributed by atoms with E-state index in [1.165, 1.54) is 10.4 Å².